The molecule has 0 saturated heterocycles. The second-order valence-electron chi connectivity index (χ2n) is 4.40. The van der Waals surface area contributed by atoms with E-state index in [1.54, 1.807) is 0 Å². The normalized spacial score (nSPS) is 10.2. The van der Waals surface area contributed by atoms with Crippen molar-refractivity contribution in [2.75, 3.05) is 27.2 Å². The molecule has 0 aliphatic heterocycles. The molecular weight excluding hydrogens is 259 g/mol. The van der Waals surface area contributed by atoms with E-state index in [1.807, 2.05) is 10.9 Å². The molecule has 0 atom stereocenters. The minimum atomic E-state index is 0. The van der Waals surface area contributed by atoms with Crippen LogP contribution in [0.2, 0.25) is 0 Å². The lowest BCUT2D eigenvalue weighted by atomic mass is 10.3. The summed E-state index contributed by atoms with van der Waals surface area (Å²) in [5.74, 6) is 0. The standard InChI is InChI=1S/C11H22N4.2ClH/c1-10(2)15-9-11(8-13-15)7-12-5-6-14(3)4;;/h8-10,12H,5-7H2,1-4H3;2*1H. The lowest BCUT2D eigenvalue weighted by molar-refractivity contribution is 0.400. The van der Waals surface area contributed by atoms with E-state index in [2.05, 4.69) is 49.5 Å². The molecule has 0 bridgehead atoms. The van der Waals surface area contributed by atoms with Crippen LogP contribution in [0.15, 0.2) is 12.4 Å². The van der Waals surface area contributed by atoms with Crippen molar-refractivity contribution in [2.24, 2.45) is 0 Å². The van der Waals surface area contributed by atoms with Gasteiger partial charge in [-0.15, -0.1) is 24.8 Å². The Balaban J connectivity index is 0. The largest absolute Gasteiger partial charge is 0.311 e. The Morgan fingerprint density at radius 2 is 2.00 bits per heavy atom. The molecule has 1 aromatic rings. The van der Waals surface area contributed by atoms with Gasteiger partial charge in [-0.3, -0.25) is 4.68 Å². The number of nitrogens with zero attached hydrogens (tertiary/aromatic N) is 3. The summed E-state index contributed by atoms with van der Waals surface area (Å²) in [7, 11) is 4.16. The zero-order valence-electron chi connectivity index (χ0n) is 11.0. The molecule has 0 radical (unpaired) electrons. The van der Waals surface area contributed by atoms with Crippen LogP contribution >= 0.6 is 24.8 Å². The van der Waals surface area contributed by atoms with Crippen molar-refractivity contribution in [3.63, 3.8) is 0 Å². The summed E-state index contributed by atoms with van der Waals surface area (Å²) in [6.07, 6.45) is 4.04. The van der Waals surface area contributed by atoms with Crippen molar-refractivity contribution in [1.29, 1.82) is 0 Å². The smallest absolute Gasteiger partial charge is 0.0534 e. The molecule has 0 aromatic carbocycles. The molecule has 0 aliphatic rings. The molecule has 1 heterocycles. The average molecular weight is 283 g/mol. The van der Waals surface area contributed by atoms with Crippen molar-refractivity contribution in [3.05, 3.63) is 18.0 Å². The first-order chi connectivity index (χ1) is 7.09. The molecule has 1 rings (SSSR count). The predicted molar refractivity (Wildman–Crippen MR) is 77.4 cm³/mol. The van der Waals surface area contributed by atoms with Crippen LogP contribution in [0.25, 0.3) is 0 Å². The Kier molecular flexibility index (Phi) is 10.9. The van der Waals surface area contributed by atoms with Gasteiger partial charge in [-0.25, -0.2) is 0 Å². The molecule has 102 valence electrons. The Bertz CT molecular complexity index is 287. The van der Waals surface area contributed by atoms with E-state index in [-0.39, 0.29) is 24.8 Å². The number of rotatable bonds is 6. The van der Waals surface area contributed by atoms with Crippen LogP contribution in [0.3, 0.4) is 0 Å². The molecule has 0 aliphatic carbocycles. The van der Waals surface area contributed by atoms with Crippen LogP contribution in [0.5, 0.6) is 0 Å². The molecule has 0 saturated carbocycles. The highest BCUT2D eigenvalue weighted by Crippen LogP contribution is 2.04. The van der Waals surface area contributed by atoms with Gasteiger partial charge in [0.2, 0.25) is 0 Å². The highest BCUT2D eigenvalue weighted by atomic mass is 35.5. The van der Waals surface area contributed by atoms with Crippen LogP contribution in [0.1, 0.15) is 25.5 Å². The first-order valence-electron chi connectivity index (χ1n) is 5.48. The third-order valence-corrected chi connectivity index (χ3v) is 2.25. The van der Waals surface area contributed by atoms with E-state index in [1.165, 1.54) is 5.56 Å². The maximum atomic E-state index is 4.30. The van der Waals surface area contributed by atoms with Gasteiger partial charge in [-0.1, -0.05) is 0 Å². The second kappa shape index (κ2) is 9.71. The molecule has 0 unspecified atom stereocenters. The van der Waals surface area contributed by atoms with Gasteiger partial charge in [0.05, 0.1) is 6.20 Å². The van der Waals surface area contributed by atoms with Crippen LogP contribution < -0.4 is 5.32 Å². The first-order valence-corrected chi connectivity index (χ1v) is 5.48. The summed E-state index contributed by atoms with van der Waals surface area (Å²) in [4.78, 5) is 2.17. The molecule has 0 fully saturated rings. The topological polar surface area (TPSA) is 33.1 Å². The van der Waals surface area contributed by atoms with E-state index in [0.717, 1.165) is 19.6 Å². The average Bonchev–Trinajstić information content (AvgIpc) is 2.60. The Labute approximate surface area is 117 Å². The van der Waals surface area contributed by atoms with E-state index < -0.39 is 0 Å². The monoisotopic (exact) mass is 282 g/mol. The molecule has 1 aromatic heterocycles. The fourth-order valence-corrected chi connectivity index (χ4v) is 1.29. The quantitative estimate of drug-likeness (QED) is 0.810. The highest BCUT2D eigenvalue weighted by Gasteiger charge is 2.00. The van der Waals surface area contributed by atoms with E-state index >= 15 is 0 Å². The van der Waals surface area contributed by atoms with E-state index in [0.29, 0.717) is 6.04 Å². The van der Waals surface area contributed by atoms with Crippen molar-refractivity contribution in [2.45, 2.75) is 26.4 Å². The summed E-state index contributed by atoms with van der Waals surface area (Å²) >= 11 is 0. The van der Waals surface area contributed by atoms with Gasteiger partial charge in [0, 0.05) is 37.4 Å². The Morgan fingerprint density at radius 1 is 1.35 bits per heavy atom. The van der Waals surface area contributed by atoms with Gasteiger partial charge >= 0.3 is 0 Å². The molecular formula is C11H24Cl2N4. The van der Waals surface area contributed by atoms with E-state index in [4.69, 9.17) is 0 Å². The van der Waals surface area contributed by atoms with Crippen LogP contribution in [-0.2, 0) is 6.54 Å². The maximum absolute atomic E-state index is 4.30. The van der Waals surface area contributed by atoms with Crippen LogP contribution in [-0.4, -0.2) is 41.9 Å². The lowest BCUT2D eigenvalue weighted by Crippen LogP contribution is -2.26. The van der Waals surface area contributed by atoms with Crippen LogP contribution in [0.4, 0.5) is 0 Å². The van der Waals surface area contributed by atoms with Gasteiger partial charge in [0.25, 0.3) is 0 Å². The van der Waals surface area contributed by atoms with Crippen molar-refractivity contribution in [3.8, 4) is 0 Å². The number of hydrogen-bond acceptors (Lipinski definition) is 3. The summed E-state index contributed by atoms with van der Waals surface area (Å²) in [5.41, 5.74) is 1.25. The third-order valence-electron chi connectivity index (χ3n) is 2.25. The van der Waals surface area contributed by atoms with E-state index in [9.17, 15) is 0 Å². The number of halogens is 2. The first kappa shape index (κ1) is 19.1. The summed E-state index contributed by atoms with van der Waals surface area (Å²) in [6.45, 7) is 7.26. The van der Waals surface area contributed by atoms with Gasteiger partial charge in [-0.05, 0) is 27.9 Å². The number of nitrogens with one attached hydrogen (secondary N) is 1. The Hall–Kier alpha value is -0.290. The lowest BCUT2D eigenvalue weighted by Gasteiger charge is -2.09. The predicted octanol–water partition coefficient (Wildman–Crippen LogP) is 1.96. The fourth-order valence-electron chi connectivity index (χ4n) is 1.29. The van der Waals surface area contributed by atoms with Crippen molar-refractivity contribution in [1.82, 2.24) is 20.0 Å². The Morgan fingerprint density at radius 3 is 2.47 bits per heavy atom. The zero-order valence-corrected chi connectivity index (χ0v) is 12.6. The molecule has 4 nitrogen and oxygen atoms in total. The van der Waals surface area contributed by atoms with Crippen molar-refractivity contribution < 1.29 is 0 Å². The van der Waals surface area contributed by atoms with Gasteiger partial charge in [-0.2, -0.15) is 5.10 Å². The minimum Gasteiger partial charge on any atom is -0.311 e. The minimum absolute atomic E-state index is 0. The molecule has 17 heavy (non-hydrogen) atoms. The van der Waals surface area contributed by atoms with Crippen LogP contribution in [0, 0.1) is 0 Å². The summed E-state index contributed by atoms with van der Waals surface area (Å²) < 4.78 is 1.99. The molecule has 0 spiro atoms. The summed E-state index contributed by atoms with van der Waals surface area (Å²) in [6, 6.07) is 0.445. The van der Waals surface area contributed by atoms with Gasteiger partial charge < -0.3 is 10.2 Å². The fraction of sp³-hybridized carbons (Fsp3) is 0.727. The second-order valence-corrected chi connectivity index (χ2v) is 4.40. The third kappa shape index (κ3) is 7.60. The zero-order chi connectivity index (χ0) is 11.3. The molecule has 1 N–H and O–H groups in total. The maximum Gasteiger partial charge on any atom is 0.0534 e. The molecule has 0 amide bonds. The van der Waals surface area contributed by atoms with Gasteiger partial charge in [0.1, 0.15) is 0 Å². The number of likely N-dealkylation sites (N-methyl/N-ethyl adjacent to an activating group) is 1. The highest BCUT2D eigenvalue weighted by molar-refractivity contribution is 5.85. The number of aromatic nitrogens is 2. The SMILES string of the molecule is CC(C)n1cc(CNCCN(C)C)cn1.Cl.Cl. The van der Waals surface area contributed by atoms with Crippen molar-refractivity contribution >= 4 is 24.8 Å². The van der Waals surface area contributed by atoms with Gasteiger partial charge in [0.15, 0.2) is 0 Å². The summed E-state index contributed by atoms with van der Waals surface area (Å²) in [5, 5.41) is 7.69. The number of hydrogen-bond donors (Lipinski definition) is 1. The molecule has 6 heteroatoms.